The van der Waals surface area contributed by atoms with Crippen LogP contribution in [0.25, 0.3) is 5.57 Å². The molecular weight excluding hydrogens is 420 g/mol. The van der Waals surface area contributed by atoms with Crippen LogP contribution in [0.15, 0.2) is 78.5 Å². The van der Waals surface area contributed by atoms with Crippen molar-refractivity contribution in [3.63, 3.8) is 0 Å². The molecule has 5 heteroatoms. The first kappa shape index (κ1) is 21.8. The third kappa shape index (κ3) is 4.19. The number of aryl methyl sites for hydroxylation is 2. The van der Waals surface area contributed by atoms with Crippen LogP contribution in [0.1, 0.15) is 27.8 Å². The van der Waals surface area contributed by atoms with Gasteiger partial charge < -0.3 is 4.90 Å². The highest BCUT2D eigenvalue weighted by Gasteiger charge is 2.41. The smallest absolute Gasteiger partial charge is 0.278 e. The predicted octanol–water partition coefficient (Wildman–Crippen LogP) is 5.37. The van der Waals surface area contributed by atoms with Crippen LogP contribution in [-0.2, 0) is 22.7 Å². The Hall–Kier alpha value is -3.37. The van der Waals surface area contributed by atoms with Crippen LogP contribution in [-0.4, -0.2) is 28.7 Å². The number of rotatable bonds is 6. The number of amides is 2. The first-order chi connectivity index (χ1) is 15.4. The predicted molar refractivity (Wildman–Crippen MR) is 128 cm³/mol. The summed E-state index contributed by atoms with van der Waals surface area (Å²) in [5, 5.41) is 0.534. The number of hydrogen-bond acceptors (Lipinski definition) is 3. The fraction of sp³-hybridized carbons (Fsp3) is 0.185. The van der Waals surface area contributed by atoms with Crippen LogP contribution >= 0.6 is 11.6 Å². The number of imide groups is 1. The van der Waals surface area contributed by atoms with Gasteiger partial charge in [-0.2, -0.15) is 0 Å². The lowest BCUT2D eigenvalue weighted by Gasteiger charge is -2.22. The van der Waals surface area contributed by atoms with Crippen molar-refractivity contribution >= 4 is 29.0 Å². The standard InChI is InChI=1S/C27H25ClN2O2/c1-18-13-14-22(19(2)15-18)24-25(29(3)16-20-9-5-4-6-10-20)27(32)30(26(24)31)17-21-11-7-8-12-23(21)28/h4-15H,16-17H2,1-3H3. The Morgan fingerprint density at radius 2 is 1.56 bits per heavy atom. The zero-order valence-corrected chi connectivity index (χ0v) is 19.2. The van der Waals surface area contributed by atoms with Crippen molar-refractivity contribution < 1.29 is 9.59 Å². The zero-order valence-electron chi connectivity index (χ0n) is 18.4. The van der Waals surface area contributed by atoms with Crippen LogP contribution in [0.2, 0.25) is 5.02 Å². The third-order valence-electron chi connectivity index (χ3n) is 5.73. The lowest BCUT2D eigenvalue weighted by molar-refractivity contribution is -0.138. The molecule has 4 rings (SSSR count). The maximum atomic E-state index is 13.6. The highest BCUT2D eigenvalue weighted by atomic mass is 35.5. The summed E-state index contributed by atoms with van der Waals surface area (Å²) in [5.74, 6) is -0.597. The molecule has 0 saturated carbocycles. The molecule has 0 radical (unpaired) electrons. The molecule has 1 heterocycles. The molecule has 0 bridgehead atoms. The Morgan fingerprint density at radius 1 is 0.875 bits per heavy atom. The number of hydrogen-bond donors (Lipinski definition) is 0. The summed E-state index contributed by atoms with van der Waals surface area (Å²) in [7, 11) is 1.86. The van der Waals surface area contributed by atoms with E-state index in [4.69, 9.17) is 11.6 Å². The quantitative estimate of drug-likeness (QED) is 0.480. The molecule has 1 aliphatic rings. The van der Waals surface area contributed by atoms with Gasteiger partial charge in [0.25, 0.3) is 11.8 Å². The van der Waals surface area contributed by atoms with Gasteiger partial charge in [0.15, 0.2) is 0 Å². The van der Waals surface area contributed by atoms with Crippen LogP contribution < -0.4 is 0 Å². The van der Waals surface area contributed by atoms with E-state index in [2.05, 4.69) is 0 Å². The summed E-state index contributed by atoms with van der Waals surface area (Å²) in [6.07, 6.45) is 0. The van der Waals surface area contributed by atoms with Gasteiger partial charge in [0.1, 0.15) is 5.70 Å². The van der Waals surface area contributed by atoms with Crippen LogP contribution in [0, 0.1) is 13.8 Å². The van der Waals surface area contributed by atoms with Gasteiger partial charge in [0, 0.05) is 18.6 Å². The minimum atomic E-state index is -0.302. The molecule has 0 aromatic heterocycles. The number of benzene rings is 3. The molecule has 3 aromatic rings. The summed E-state index contributed by atoms with van der Waals surface area (Å²) in [4.78, 5) is 30.4. The SMILES string of the molecule is Cc1ccc(C2=C(N(C)Cc3ccccc3)C(=O)N(Cc3ccccc3Cl)C2=O)c(C)c1. The van der Waals surface area contributed by atoms with Crippen molar-refractivity contribution in [2.45, 2.75) is 26.9 Å². The molecule has 4 nitrogen and oxygen atoms in total. The molecule has 162 valence electrons. The molecule has 0 aliphatic carbocycles. The van der Waals surface area contributed by atoms with E-state index in [0.29, 0.717) is 22.8 Å². The highest BCUT2D eigenvalue weighted by molar-refractivity contribution is 6.36. The number of carbonyl (C=O) groups is 2. The van der Waals surface area contributed by atoms with E-state index >= 15 is 0 Å². The summed E-state index contributed by atoms with van der Waals surface area (Å²) < 4.78 is 0. The molecule has 0 spiro atoms. The van der Waals surface area contributed by atoms with E-state index in [1.807, 2.05) is 92.5 Å². The van der Waals surface area contributed by atoms with Crippen LogP contribution in [0.4, 0.5) is 0 Å². The molecule has 0 atom stereocenters. The van der Waals surface area contributed by atoms with Crippen molar-refractivity contribution in [2.75, 3.05) is 7.05 Å². The lowest BCUT2D eigenvalue weighted by Crippen LogP contribution is -2.33. The van der Waals surface area contributed by atoms with Crippen molar-refractivity contribution in [3.05, 3.63) is 111 Å². The zero-order chi connectivity index (χ0) is 22.8. The van der Waals surface area contributed by atoms with Gasteiger partial charge in [0.05, 0.1) is 12.1 Å². The van der Waals surface area contributed by atoms with Crippen molar-refractivity contribution in [1.82, 2.24) is 9.80 Å². The molecule has 3 aromatic carbocycles. The summed E-state index contributed by atoms with van der Waals surface area (Å²) >= 11 is 6.33. The number of halogens is 1. The fourth-order valence-electron chi connectivity index (χ4n) is 4.13. The highest BCUT2D eigenvalue weighted by Crippen LogP contribution is 2.35. The minimum absolute atomic E-state index is 0.133. The van der Waals surface area contributed by atoms with Gasteiger partial charge in [-0.15, -0.1) is 0 Å². The van der Waals surface area contributed by atoms with Crippen molar-refractivity contribution in [2.24, 2.45) is 0 Å². The molecule has 32 heavy (non-hydrogen) atoms. The van der Waals surface area contributed by atoms with Gasteiger partial charge in [-0.1, -0.05) is 83.9 Å². The van der Waals surface area contributed by atoms with Gasteiger partial charge in [-0.25, -0.2) is 0 Å². The third-order valence-corrected chi connectivity index (χ3v) is 6.09. The number of nitrogens with zero attached hydrogens (tertiary/aromatic N) is 2. The van der Waals surface area contributed by atoms with E-state index < -0.39 is 0 Å². The van der Waals surface area contributed by atoms with Crippen molar-refractivity contribution in [1.29, 1.82) is 0 Å². The normalized spacial score (nSPS) is 13.8. The van der Waals surface area contributed by atoms with E-state index in [0.717, 1.165) is 27.8 Å². The Morgan fingerprint density at radius 3 is 2.25 bits per heavy atom. The largest absolute Gasteiger partial charge is 0.365 e. The molecule has 0 fully saturated rings. The first-order valence-electron chi connectivity index (χ1n) is 10.5. The molecular formula is C27H25ClN2O2. The van der Waals surface area contributed by atoms with Crippen molar-refractivity contribution in [3.8, 4) is 0 Å². The van der Waals surface area contributed by atoms with E-state index in [9.17, 15) is 9.59 Å². The topological polar surface area (TPSA) is 40.6 Å². The van der Waals surface area contributed by atoms with E-state index in [-0.39, 0.29) is 18.4 Å². The lowest BCUT2D eigenvalue weighted by atomic mass is 9.97. The second-order valence-electron chi connectivity index (χ2n) is 8.17. The van der Waals surface area contributed by atoms with Crippen LogP contribution in [0.5, 0.6) is 0 Å². The van der Waals surface area contributed by atoms with Gasteiger partial charge in [-0.3, -0.25) is 14.5 Å². The molecule has 0 unspecified atom stereocenters. The Kier molecular flexibility index (Phi) is 6.15. The fourth-order valence-corrected chi connectivity index (χ4v) is 4.33. The second kappa shape index (κ2) is 9.01. The average Bonchev–Trinajstić information content (AvgIpc) is 3.01. The Bertz CT molecular complexity index is 1220. The molecule has 0 N–H and O–H groups in total. The average molecular weight is 445 g/mol. The van der Waals surface area contributed by atoms with Gasteiger partial charge >= 0.3 is 0 Å². The maximum Gasteiger partial charge on any atom is 0.278 e. The Labute approximate surface area is 193 Å². The summed E-state index contributed by atoms with van der Waals surface area (Å²) in [5.41, 5.74) is 5.51. The molecule has 2 amide bonds. The maximum absolute atomic E-state index is 13.6. The van der Waals surface area contributed by atoms with E-state index in [1.165, 1.54) is 4.90 Å². The first-order valence-corrected chi connectivity index (χ1v) is 10.9. The summed E-state index contributed by atoms with van der Waals surface area (Å²) in [6.45, 7) is 4.63. The van der Waals surface area contributed by atoms with E-state index in [1.54, 1.807) is 6.07 Å². The number of carbonyl (C=O) groups excluding carboxylic acids is 2. The monoisotopic (exact) mass is 444 g/mol. The van der Waals surface area contributed by atoms with Gasteiger partial charge in [0.2, 0.25) is 0 Å². The summed E-state index contributed by atoms with van der Waals surface area (Å²) in [6, 6.07) is 23.1. The van der Waals surface area contributed by atoms with Gasteiger partial charge in [-0.05, 0) is 42.2 Å². The molecule has 1 aliphatic heterocycles. The number of likely N-dealkylation sites (N-methyl/N-ethyl adjacent to an activating group) is 1. The second-order valence-corrected chi connectivity index (χ2v) is 8.58. The minimum Gasteiger partial charge on any atom is -0.365 e. The molecule has 0 saturated heterocycles. The Balaban J connectivity index is 1.77. The van der Waals surface area contributed by atoms with Crippen LogP contribution in [0.3, 0.4) is 0 Å².